The Labute approximate surface area is 166 Å². The van der Waals surface area contributed by atoms with Crippen LogP contribution in [0.2, 0.25) is 0 Å². The van der Waals surface area contributed by atoms with Gasteiger partial charge in [0.2, 0.25) is 5.91 Å². The van der Waals surface area contributed by atoms with Crippen molar-refractivity contribution in [3.05, 3.63) is 35.5 Å². The van der Waals surface area contributed by atoms with Gasteiger partial charge in [0, 0.05) is 31.1 Å². The first kappa shape index (κ1) is 21.2. The maximum absolute atomic E-state index is 12.3. The Morgan fingerprint density at radius 2 is 2.11 bits per heavy atom. The number of hydrogen-bond donors (Lipinski definition) is 2. The molecule has 0 radical (unpaired) electrons. The summed E-state index contributed by atoms with van der Waals surface area (Å²) in [5, 5.41) is 16.3. The molecule has 0 aliphatic heterocycles. The van der Waals surface area contributed by atoms with E-state index in [1.54, 1.807) is 25.3 Å². The van der Waals surface area contributed by atoms with Gasteiger partial charge in [0.15, 0.2) is 0 Å². The number of benzene rings is 1. The summed E-state index contributed by atoms with van der Waals surface area (Å²) in [4.78, 5) is 18.9. The molecule has 0 bridgehead atoms. The van der Waals surface area contributed by atoms with Crippen molar-refractivity contribution in [2.24, 2.45) is 0 Å². The predicted molar refractivity (Wildman–Crippen MR) is 113 cm³/mol. The number of carbonyl (C=O) groups is 1. The molecule has 1 aromatic carbocycles. The van der Waals surface area contributed by atoms with Gasteiger partial charge in [0.25, 0.3) is 0 Å². The van der Waals surface area contributed by atoms with Gasteiger partial charge in [0.1, 0.15) is 11.8 Å². The summed E-state index contributed by atoms with van der Waals surface area (Å²) in [5.41, 5.74) is 3.20. The molecular weight excluding hydrogens is 354 g/mol. The molecule has 1 aromatic heterocycles. The molecule has 7 nitrogen and oxygen atoms in total. The Morgan fingerprint density at radius 3 is 2.68 bits per heavy atom. The zero-order chi connectivity index (χ0) is 20.7. The van der Waals surface area contributed by atoms with E-state index in [9.17, 15) is 10.1 Å². The Morgan fingerprint density at radius 1 is 1.36 bits per heavy atom. The second kappa shape index (κ2) is 9.72. The van der Waals surface area contributed by atoms with Gasteiger partial charge >= 0.3 is 0 Å². The van der Waals surface area contributed by atoms with E-state index in [-0.39, 0.29) is 5.91 Å². The number of nitrogens with zero attached hydrogens (tertiary/aromatic N) is 3. The first-order valence-electron chi connectivity index (χ1n) is 9.28. The van der Waals surface area contributed by atoms with E-state index < -0.39 is 0 Å². The van der Waals surface area contributed by atoms with Crippen LogP contribution in [0, 0.1) is 11.3 Å². The lowest BCUT2D eigenvalue weighted by Crippen LogP contribution is -2.13. The average Bonchev–Trinajstić information content (AvgIpc) is 2.66. The van der Waals surface area contributed by atoms with Crippen LogP contribution in [0.25, 0.3) is 10.9 Å². The molecule has 7 heteroatoms. The number of nitriles is 1. The highest BCUT2D eigenvalue weighted by Crippen LogP contribution is 2.36. The van der Waals surface area contributed by atoms with Gasteiger partial charge in [0.05, 0.1) is 34.8 Å². The third-order valence-electron chi connectivity index (χ3n) is 4.16. The van der Waals surface area contributed by atoms with Gasteiger partial charge in [-0.25, -0.2) is 0 Å². The lowest BCUT2D eigenvalue weighted by Gasteiger charge is -2.16. The zero-order valence-electron chi connectivity index (χ0n) is 17.1. The summed E-state index contributed by atoms with van der Waals surface area (Å²) < 4.78 is 5.72. The molecule has 0 saturated heterocycles. The maximum atomic E-state index is 12.3. The first-order valence-corrected chi connectivity index (χ1v) is 9.28. The van der Waals surface area contributed by atoms with Crippen LogP contribution in [-0.2, 0) is 11.2 Å². The van der Waals surface area contributed by atoms with Crippen LogP contribution >= 0.6 is 0 Å². The van der Waals surface area contributed by atoms with Crippen LogP contribution in [0.15, 0.2) is 24.3 Å². The van der Waals surface area contributed by atoms with E-state index in [0.717, 1.165) is 11.1 Å². The van der Waals surface area contributed by atoms with E-state index in [0.29, 0.717) is 47.8 Å². The molecule has 0 aliphatic rings. The number of pyridine rings is 1. The summed E-state index contributed by atoms with van der Waals surface area (Å²) in [5.74, 6) is 0.303. The molecule has 1 heterocycles. The average molecular weight is 381 g/mol. The van der Waals surface area contributed by atoms with Crippen LogP contribution in [0.4, 0.5) is 11.4 Å². The monoisotopic (exact) mass is 381 g/mol. The van der Waals surface area contributed by atoms with Crippen LogP contribution in [-0.4, -0.2) is 50.1 Å². The minimum atomic E-state index is -0.244. The molecule has 148 valence electrons. The van der Waals surface area contributed by atoms with Crippen molar-refractivity contribution in [2.45, 2.75) is 20.3 Å². The lowest BCUT2D eigenvalue weighted by molar-refractivity contribution is -0.111. The summed E-state index contributed by atoms with van der Waals surface area (Å²) in [6.45, 7) is 4.98. The predicted octanol–water partition coefficient (Wildman–Crippen LogP) is 3.17. The Hall–Kier alpha value is -3.11. The molecule has 0 spiro atoms. The van der Waals surface area contributed by atoms with Crippen molar-refractivity contribution in [1.82, 2.24) is 9.88 Å². The highest BCUT2D eigenvalue weighted by molar-refractivity contribution is 6.04. The Balaban J connectivity index is 2.55. The number of anilines is 2. The molecule has 1 amide bonds. The Kier molecular flexibility index (Phi) is 7.36. The number of ether oxygens (including phenoxy) is 1. The summed E-state index contributed by atoms with van der Waals surface area (Å²) >= 11 is 0. The minimum Gasteiger partial charge on any atom is -0.492 e. The fourth-order valence-electron chi connectivity index (χ4n) is 2.90. The first-order chi connectivity index (χ1) is 13.4. The van der Waals surface area contributed by atoms with Gasteiger partial charge < -0.3 is 20.3 Å². The topological polar surface area (TPSA) is 90.3 Å². The third kappa shape index (κ3) is 4.78. The SMILES string of the molecule is CCOc1cc2nc(CC)c(C#N)c(NC)c2cc1NC(=O)/C=C/CN(C)C. The summed E-state index contributed by atoms with van der Waals surface area (Å²) in [6, 6.07) is 5.84. The molecule has 2 aromatic rings. The van der Waals surface area contributed by atoms with E-state index in [1.165, 1.54) is 6.08 Å². The van der Waals surface area contributed by atoms with Gasteiger partial charge in [-0.15, -0.1) is 0 Å². The fourth-order valence-corrected chi connectivity index (χ4v) is 2.90. The minimum absolute atomic E-state index is 0.244. The molecule has 28 heavy (non-hydrogen) atoms. The number of rotatable bonds is 8. The van der Waals surface area contributed by atoms with E-state index in [1.807, 2.05) is 32.8 Å². The van der Waals surface area contributed by atoms with E-state index in [4.69, 9.17) is 4.74 Å². The summed E-state index contributed by atoms with van der Waals surface area (Å²) in [6.07, 6.45) is 3.93. The molecular formula is C21H27N5O2. The van der Waals surface area contributed by atoms with Crippen molar-refractivity contribution < 1.29 is 9.53 Å². The van der Waals surface area contributed by atoms with E-state index >= 15 is 0 Å². The highest BCUT2D eigenvalue weighted by Gasteiger charge is 2.17. The molecule has 0 unspecified atom stereocenters. The zero-order valence-corrected chi connectivity index (χ0v) is 17.1. The summed E-state index contributed by atoms with van der Waals surface area (Å²) in [7, 11) is 5.64. The number of fused-ring (bicyclic) bond motifs is 1. The van der Waals surface area contributed by atoms with Gasteiger partial charge in [-0.2, -0.15) is 5.26 Å². The molecule has 0 aliphatic carbocycles. The van der Waals surface area contributed by atoms with Crippen molar-refractivity contribution in [2.75, 3.05) is 44.9 Å². The largest absolute Gasteiger partial charge is 0.492 e. The molecule has 0 fully saturated rings. The van der Waals surface area contributed by atoms with Crippen LogP contribution in [0.5, 0.6) is 5.75 Å². The highest BCUT2D eigenvalue weighted by atomic mass is 16.5. The quantitative estimate of drug-likeness (QED) is 0.683. The smallest absolute Gasteiger partial charge is 0.248 e. The second-order valence-corrected chi connectivity index (χ2v) is 6.48. The van der Waals surface area contributed by atoms with Gasteiger partial charge in [-0.05, 0) is 33.5 Å². The lowest BCUT2D eigenvalue weighted by atomic mass is 10.0. The van der Waals surface area contributed by atoms with Crippen molar-refractivity contribution in [3.63, 3.8) is 0 Å². The number of likely N-dealkylation sites (N-methyl/N-ethyl adjacent to an activating group) is 1. The molecule has 0 atom stereocenters. The third-order valence-corrected chi connectivity index (χ3v) is 4.16. The number of nitrogens with one attached hydrogen (secondary N) is 2. The second-order valence-electron chi connectivity index (χ2n) is 6.48. The number of carbonyl (C=O) groups excluding carboxylic acids is 1. The molecule has 0 saturated carbocycles. The number of hydrogen-bond acceptors (Lipinski definition) is 6. The van der Waals surface area contributed by atoms with Crippen molar-refractivity contribution >= 4 is 28.2 Å². The normalized spacial score (nSPS) is 11.0. The van der Waals surface area contributed by atoms with Crippen molar-refractivity contribution in [1.29, 1.82) is 5.26 Å². The van der Waals surface area contributed by atoms with Crippen LogP contribution in [0.1, 0.15) is 25.1 Å². The number of aromatic nitrogens is 1. The van der Waals surface area contributed by atoms with Crippen LogP contribution in [0.3, 0.4) is 0 Å². The van der Waals surface area contributed by atoms with Crippen molar-refractivity contribution in [3.8, 4) is 11.8 Å². The fraction of sp³-hybridized carbons (Fsp3) is 0.381. The maximum Gasteiger partial charge on any atom is 0.248 e. The van der Waals surface area contributed by atoms with Gasteiger partial charge in [-0.3, -0.25) is 9.78 Å². The van der Waals surface area contributed by atoms with Crippen LogP contribution < -0.4 is 15.4 Å². The number of amides is 1. The standard InChI is InChI=1S/C21H27N5O2/c1-6-16-15(13-22)21(23-3)14-11-18(19(28-7-2)12-17(14)24-16)25-20(27)9-8-10-26(4)5/h8-9,11-12H,6-7,10H2,1-5H3,(H,23,24)(H,25,27)/b9-8+. The van der Waals surface area contributed by atoms with Gasteiger partial charge in [-0.1, -0.05) is 13.0 Å². The number of aryl methyl sites for hydroxylation is 1. The van der Waals surface area contributed by atoms with E-state index in [2.05, 4.69) is 21.7 Å². The molecule has 2 rings (SSSR count). The Bertz CT molecular complexity index is 929. The molecule has 2 N–H and O–H groups in total.